The molecule has 1 aromatic carbocycles. The number of pyridine rings is 2. The van der Waals surface area contributed by atoms with Crippen molar-refractivity contribution in [3.05, 3.63) is 58.6 Å². The zero-order chi connectivity index (χ0) is 21.1. The summed E-state index contributed by atoms with van der Waals surface area (Å²) in [5.74, 6) is -0.857. The second-order valence-electron chi connectivity index (χ2n) is 7.38. The summed E-state index contributed by atoms with van der Waals surface area (Å²) >= 11 is 0. The Morgan fingerprint density at radius 2 is 2.03 bits per heavy atom. The minimum atomic E-state index is -0.465. The zero-order valence-electron chi connectivity index (χ0n) is 16.7. The minimum Gasteiger partial charge on any atom is -0.465 e. The molecule has 154 valence electrons. The lowest BCUT2D eigenvalue weighted by Gasteiger charge is -2.19. The molecule has 3 heterocycles. The van der Waals surface area contributed by atoms with Crippen LogP contribution >= 0.6 is 0 Å². The number of carbonyl (C=O) groups is 2. The van der Waals surface area contributed by atoms with Gasteiger partial charge in [-0.1, -0.05) is 6.42 Å². The van der Waals surface area contributed by atoms with Gasteiger partial charge in [-0.3, -0.25) is 19.4 Å². The van der Waals surface area contributed by atoms with E-state index in [1.807, 2.05) is 18.2 Å². The summed E-state index contributed by atoms with van der Waals surface area (Å²) in [5.41, 5.74) is 3.34. The van der Waals surface area contributed by atoms with E-state index in [2.05, 4.69) is 15.3 Å². The van der Waals surface area contributed by atoms with Crippen LogP contribution < -0.4 is 10.9 Å². The van der Waals surface area contributed by atoms with Gasteiger partial charge >= 0.3 is 5.97 Å². The molecule has 0 aliphatic carbocycles. The summed E-state index contributed by atoms with van der Waals surface area (Å²) in [6.07, 6.45) is 3.96. The van der Waals surface area contributed by atoms with E-state index in [4.69, 9.17) is 4.74 Å². The van der Waals surface area contributed by atoms with Gasteiger partial charge in [0, 0.05) is 24.2 Å². The van der Waals surface area contributed by atoms with Crippen molar-refractivity contribution in [2.45, 2.75) is 38.5 Å². The van der Waals surface area contributed by atoms with E-state index in [-0.39, 0.29) is 17.4 Å². The summed E-state index contributed by atoms with van der Waals surface area (Å²) in [5, 5.41) is 3.82. The molecule has 0 radical (unpaired) electrons. The molecule has 1 aliphatic heterocycles. The number of carbonyl (C=O) groups excluding carboxylic acids is 2. The Morgan fingerprint density at radius 1 is 1.17 bits per heavy atom. The van der Waals surface area contributed by atoms with Crippen LogP contribution in [0.25, 0.3) is 22.0 Å². The maximum atomic E-state index is 12.6. The average Bonchev–Trinajstić information content (AvgIpc) is 2.72. The molecule has 7 nitrogen and oxygen atoms in total. The van der Waals surface area contributed by atoms with Gasteiger partial charge in [0.25, 0.3) is 0 Å². The second kappa shape index (κ2) is 8.49. The number of hydrogen-bond donors (Lipinski definition) is 2. The van der Waals surface area contributed by atoms with Gasteiger partial charge in [0.15, 0.2) is 0 Å². The summed E-state index contributed by atoms with van der Waals surface area (Å²) in [4.78, 5) is 44.1. The van der Waals surface area contributed by atoms with E-state index < -0.39 is 5.92 Å². The smallest absolute Gasteiger partial charge is 0.315 e. The molecule has 2 bridgehead atoms. The van der Waals surface area contributed by atoms with Crippen LogP contribution in [0, 0.1) is 0 Å². The lowest BCUT2D eigenvalue weighted by Crippen LogP contribution is -2.18. The highest BCUT2D eigenvalue weighted by Crippen LogP contribution is 2.34. The van der Waals surface area contributed by atoms with Gasteiger partial charge in [-0.25, -0.2) is 0 Å². The van der Waals surface area contributed by atoms with Crippen molar-refractivity contribution in [2.24, 2.45) is 0 Å². The molecule has 0 spiro atoms. The van der Waals surface area contributed by atoms with Crippen molar-refractivity contribution >= 4 is 28.5 Å². The monoisotopic (exact) mass is 405 g/mol. The summed E-state index contributed by atoms with van der Waals surface area (Å²) in [6.45, 7) is 2.09. The molecule has 1 aliphatic rings. The fourth-order valence-corrected chi connectivity index (χ4v) is 3.83. The molecule has 1 unspecified atom stereocenters. The number of anilines is 1. The molecule has 4 rings (SSSR count). The number of aromatic amines is 1. The number of amides is 1. The third kappa shape index (κ3) is 4.10. The van der Waals surface area contributed by atoms with E-state index in [0.29, 0.717) is 49.2 Å². The fourth-order valence-electron chi connectivity index (χ4n) is 3.83. The van der Waals surface area contributed by atoms with Gasteiger partial charge < -0.3 is 15.0 Å². The molecule has 3 aromatic rings. The first kappa shape index (κ1) is 19.8. The second-order valence-corrected chi connectivity index (χ2v) is 7.38. The van der Waals surface area contributed by atoms with E-state index >= 15 is 0 Å². The molecule has 0 saturated carbocycles. The lowest BCUT2D eigenvalue weighted by atomic mass is 9.93. The third-order valence-corrected chi connectivity index (χ3v) is 5.30. The van der Waals surface area contributed by atoms with Gasteiger partial charge in [-0.2, -0.15) is 0 Å². The number of nitrogens with one attached hydrogen (secondary N) is 2. The van der Waals surface area contributed by atoms with Gasteiger partial charge in [-0.15, -0.1) is 0 Å². The zero-order valence-corrected chi connectivity index (χ0v) is 16.7. The van der Waals surface area contributed by atoms with Crippen LogP contribution in [0.3, 0.4) is 0 Å². The number of nitrogens with zero attached hydrogens (tertiary/aromatic N) is 1. The predicted molar refractivity (Wildman–Crippen MR) is 114 cm³/mol. The SMILES string of the molecule is CCOC(=O)C1CCCCC(=O)Nc2cc3[nH]c(=O)ccc3cc2-c2ccnc1c2. The van der Waals surface area contributed by atoms with Crippen LogP contribution in [-0.2, 0) is 14.3 Å². The first-order valence-corrected chi connectivity index (χ1v) is 10.1. The van der Waals surface area contributed by atoms with E-state index in [1.165, 1.54) is 6.07 Å². The lowest BCUT2D eigenvalue weighted by molar-refractivity contribution is -0.145. The van der Waals surface area contributed by atoms with Crippen molar-refractivity contribution in [1.82, 2.24) is 9.97 Å². The highest BCUT2D eigenvalue weighted by Gasteiger charge is 2.24. The maximum absolute atomic E-state index is 12.6. The number of esters is 1. The normalized spacial score (nSPS) is 16.7. The largest absolute Gasteiger partial charge is 0.465 e. The highest BCUT2D eigenvalue weighted by atomic mass is 16.5. The Hall–Kier alpha value is -3.48. The Bertz CT molecular complexity index is 1170. The number of ether oxygens (including phenoxy) is 1. The van der Waals surface area contributed by atoms with Gasteiger partial charge in [0.05, 0.1) is 29.4 Å². The summed E-state index contributed by atoms with van der Waals surface area (Å²) < 4.78 is 5.27. The van der Waals surface area contributed by atoms with E-state index in [0.717, 1.165) is 16.5 Å². The number of rotatable bonds is 2. The topological polar surface area (TPSA) is 101 Å². The standard InChI is InChI=1S/C23H23N3O4/c1-2-30-23(29)16-5-3-4-6-21(27)26-20-13-18-15(7-8-22(28)25-18)11-17(20)14-9-10-24-19(16)12-14/h7-13,16H,2-6H2,1H3,(H,25,28)(H,26,27). The molecular formula is C23H23N3O4. The highest BCUT2D eigenvalue weighted by molar-refractivity contribution is 6.00. The van der Waals surface area contributed by atoms with Crippen molar-refractivity contribution in [2.75, 3.05) is 11.9 Å². The first-order valence-electron chi connectivity index (χ1n) is 10.1. The van der Waals surface area contributed by atoms with Crippen LogP contribution in [0.1, 0.15) is 44.2 Å². The van der Waals surface area contributed by atoms with Crippen molar-refractivity contribution in [3.8, 4) is 11.1 Å². The first-order chi connectivity index (χ1) is 14.5. The third-order valence-electron chi connectivity index (χ3n) is 5.30. The fraction of sp³-hybridized carbons (Fsp3) is 0.304. The predicted octanol–water partition coefficient (Wildman–Crippen LogP) is 3.75. The minimum absolute atomic E-state index is 0.101. The van der Waals surface area contributed by atoms with E-state index in [9.17, 15) is 14.4 Å². The molecule has 1 atom stereocenters. The molecule has 30 heavy (non-hydrogen) atoms. The summed E-state index contributed by atoms with van der Waals surface area (Å²) in [6, 6.07) is 10.6. The van der Waals surface area contributed by atoms with Crippen molar-refractivity contribution < 1.29 is 14.3 Å². The van der Waals surface area contributed by atoms with Crippen LogP contribution in [0.2, 0.25) is 0 Å². The van der Waals surface area contributed by atoms with Crippen LogP contribution in [-0.4, -0.2) is 28.5 Å². The van der Waals surface area contributed by atoms with Gasteiger partial charge in [0.1, 0.15) is 0 Å². The van der Waals surface area contributed by atoms with Crippen molar-refractivity contribution in [3.63, 3.8) is 0 Å². The van der Waals surface area contributed by atoms with Gasteiger partial charge in [-0.05, 0) is 61.0 Å². The Labute approximate surface area is 173 Å². The molecule has 2 aromatic heterocycles. The molecule has 1 amide bonds. The van der Waals surface area contributed by atoms with Crippen LogP contribution in [0.15, 0.2) is 47.4 Å². The molecular weight excluding hydrogens is 382 g/mol. The molecule has 0 saturated heterocycles. The summed E-state index contributed by atoms with van der Waals surface area (Å²) in [7, 11) is 0. The number of H-pyrrole nitrogens is 1. The Morgan fingerprint density at radius 3 is 2.87 bits per heavy atom. The maximum Gasteiger partial charge on any atom is 0.315 e. The molecule has 7 heteroatoms. The van der Waals surface area contributed by atoms with E-state index in [1.54, 1.807) is 25.3 Å². The molecule has 2 N–H and O–H groups in total. The molecule has 0 fully saturated rings. The number of fused-ring (bicyclic) bond motifs is 5. The van der Waals surface area contributed by atoms with Crippen LogP contribution in [0.5, 0.6) is 0 Å². The quantitative estimate of drug-likeness (QED) is 0.633. The van der Waals surface area contributed by atoms with Crippen LogP contribution in [0.4, 0.5) is 5.69 Å². The Balaban J connectivity index is 1.88. The number of aromatic nitrogens is 2. The van der Waals surface area contributed by atoms with Crippen molar-refractivity contribution in [1.29, 1.82) is 0 Å². The number of hydrogen-bond acceptors (Lipinski definition) is 5. The van der Waals surface area contributed by atoms with Gasteiger partial charge in [0.2, 0.25) is 11.5 Å². The Kier molecular flexibility index (Phi) is 5.61. The number of benzene rings is 1. The average molecular weight is 405 g/mol.